The van der Waals surface area contributed by atoms with Crippen LogP contribution < -0.4 is 10.1 Å². The molecule has 3 aromatic rings. The molecule has 3 rings (SSSR count). The van der Waals surface area contributed by atoms with Gasteiger partial charge in [0.1, 0.15) is 24.6 Å². The molecule has 29 heavy (non-hydrogen) atoms. The molecule has 0 unspecified atom stereocenters. The number of nitrogens with one attached hydrogen (secondary N) is 1. The van der Waals surface area contributed by atoms with E-state index in [-0.39, 0.29) is 25.3 Å². The van der Waals surface area contributed by atoms with Gasteiger partial charge in [0.15, 0.2) is 0 Å². The first-order chi connectivity index (χ1) is 13.8. The Bertz CT molecular complexity index is 986. The number of imidazole rings is 1. The maximum absolute atomic E-state index is 12.3. The van der Waals surface area contributed by atoms with Crippen molar-refractivity contribution in [2.75, 3.05) is 19.8 Å². The zero-order valence-corrected chi connectivity index (χ0v) is 15.7. The Balaban J connectivity index is 1.57. The minimum Gasteiger partial charge on any atom is -0.486 e. The summed E-state index contributed by atoms with van der Waals surface area (Å²) in [7, 11) is 0. The molecule has 0 aliphatic carbocycles. The second-order valence-corrected chi connectivity index (χ2v) is 6.41. The zero-order valence-electron chi connectivity index (χ0n) is 15.7. The molecule has 0 spiro atoms. The van der Waals surface area contributed by atoms with Gasteiger partial charge in [0.2, 0.25) is 0 Å². The van der Waals surface area contributed by atoms with Crippen LogP contribution in [-0.2, 0) is 11.3 Å². The van der Waals surface area contributed by atoms with Gasteiger partial charge in [-0.2, -0.15) is 13.2 Å². The number of rotatable bonds is 8. The predicted octanol–water partition coefficient (Wildman–Crippen LogP) is 3.53. The highest BCUT2D eigenvalue weighted by molar-refractivity contribution is 5.96. The summed E-state index contributed by atoms with van der Waals surface area (Å²) < 4.78 is 48.2. The van der Waals surface area contributed by atoms with E-state index < -0.39 is 18.7 Å². The van der Waals surface area contributed by atoms with Gasteiger partial charge in [-0.3, -0.25) is 4.79 Å². The topological polar surface area (TPSA) is 64.9 Å². The SMILES string of the molecule is Cc1ccc2nc(COc3ccccc3C(=O)NCCOCC(F)(F)F)cn2c1. The molecule has 154 valence electrons. The lowest BCUT2D eigenvalue weighted by Gasteiger charge is -2.11. The molecule has 9 heteroatoms. The second-order valence-electron chi connectivity index (χ2n) is 6.41. The molecular weight excluding hydrogens is 387 g/mol. The Morgan fingerprint density at radius 2 is 1.97 bits per heavy atom. The van der Waals surface area contributed by atoms with E-state index in [1.807, 2.05) is 35.9 Å². The maximum atomic E-state index is 12.3. The summed E-state index contributed by atoms with van der Waals surface area (Å²) in [6, 6.07) is 10.5. The quantitative estimate of drug-likeness (QED) is 0.581. The summed E-state index contributed by atoms with van der Waals surface area (Å²) in [5.41, 5.74) is 2.87. The number of hydrogen-bond donors (Lipinski definition) is 1. The Labute approximate surface area is 165 Å². The summed E-state index contributed by atoms with van der Waals surface area (Å²) in [6.07, 6.45) is -0.585. The number of carbonyl (C=O) groups excluding carboxylic acids is 1. The molecule has 0 atom stereocenters. The molecule has 0 saturated heterocycles. The molecule has 1 amide bonds. The van der Waals surface area contributed by atoms with E-state index in [4.69, 9.17) is 4.74 Å². The number of pyridine rings is 1. The minimum atomic E-state index is -4.39. The van der Waals surface area contributed by atoms with E-state index in [1.165, 1.54) is 0 Å². The highest BCUT2D eigenvalue weighted by atomic mass is 19.4. The molecule has 0 radical (unpaired) electrons. The largest absolute Gasteiger partial charge is 0.486 e. The Kier molecular flexibility index (Phi) is 6.38. The molecule has 0 bridgehead atoms. The number of ether oxygens (including phenoxy) is 2. The average molecular weight is 407 g/mol. The van der Waals surface area contributed by atoms with Crippen molar-refractivity contribution in [3.8, 4) is 5.75 Å². The fourth-order valence-electron chi connectivity index (χ4n) is 2.68. The molecular formula is C20H20F3N3O3. The normalized spacial score (nSPS) is 11.6. The zero-order chi connectivity index (χ0) is 20.9. The molecule has 6 nitrogen and oxygen atoms in total. The van der Waals surface area contributed by atoms with Crippen molar-refractivity contribution in [1.29, 1.82) is 0 Å². The van der Waals surface area contributed by atoms with Crippen LogP contribution in [0.15, 0.2) is 48.8 Å². The van der Waals surface area contributed by atoms with Crippen LogP contribution in [0, 0.1) is 6.92 Å². The molecule has 0 aliphatic heterocycles. The van der Waals surface area contributed by atoms with Crippen molar-refractivity contribution in [2.24, 2.45) is 0 Å². The fourth-order valence-corrected chi connectivity index (χ4v) is 2.68. The smallest absolute Gasteiger partial charge is 0.411 e. The predicted molar refractivity (Wildman–Crippen MR) is 99.9 cm³/mol. The first-order valence-electron chi connectivity index (χ1n) is 8.90. The first-order valence-corrected chi connectivity index (χ1v) is 8.90. The molecule has 0 saturated carbocycles. The molecule has 0 aliphatic rings. The Morgan fingerprint density at radius 1 is 1.17 bits per heavy atom. The number of para-hydroxylation sites is 1. The number of aryl methyl sites for hydroxylation is 1. The number of fused-ring (bicyclic) bond motifs is 1. The van der Waals surface area contributed by atoms with Gasteiger partial charge in [-0.15, -0.1) is 0 Å². The van der Waals surface area contributed by atoms with E-state index in [1.54, 1.807) is 24.3 Å². The number of hydrogen-bond acceptors (Lipinski definition) is 4. The highest BCUT2D eigenvalue weighted by Crippen LogP contribution is 2.19. The van der Waals surface area contributed by atoms with Crippen LogP contribution in [0.5, 0.6) is 5.75 Å². The lowest BCUT2D eigenvalue weighted by Crippen LogP contribution is -2.29. The van der Waals surface area contributed by atoms with Gasteiger partial charge in [0.05, 0.1) is 17.9 Å². The summed E-state index contributed by atoms with van der Waals surface area (Å²) in [5.74, 6) is -0.101. The van der Waals surface area contributed by atoms with Crippen LogP contribution >= 0.6 is 0 Å². The van der Waals surface area contributed by atoms with E-state index in [0.717, 1.165) is 11.2 Å². The number of aromatic nitrogens is 2. The first kappa shape index (κ1) is 20.7. The van der Waals surface area contributed by atoms with Crippen LogP contribution in [0.2, 0.25) is 0 Å². The van der Waals surface area contributed by atoms with Crippen LogP contribution in [-0.4, -0.2) is 41.2 Å². The van der Waals surface area contributed by atoms with Crippen LogP contribution in [0.4, 0.5) is 13.2 Å². The fraction of sp³-hybridized carbons (Fsp3) is 0.300. The monoisotopic (exact) mass is 407 g/mol. The number of alkyl halides is 3. The lowest BCUT2D eigenvalue weighted by atomic mass is 10.2. The van der Waals surface area contributed by atoms with Crippen LogP contribution in [0.25, 0.3) is 5.65 Å². The highest BCUT2D eigenvalue weighted by Gasteiger charge is 2.27. The summed E-state index contributed by atoms with van der Waals surface area (Å²) in [6.45, 7) is 0.517. The number of carbonyl (C=O) groups is 1. The van der Waals surface area contributed by atoms with Gasteiger partial charge in [-0.1, -0.05) is 18.2 Å². The van der Waals surface area contributed by atoms with Crippen molar-refractivity contribution in [2.45, 2.75) is 19.7 Å². The summed E-state index contributed by atoms with van der Waals surface area (Å²) in [4.78, 5) is 16.8. The van der Waals surface area contributed by atoms with Crippen molar-refractivity contribution in [3.05, 3.63) is 65.6 Å². The average Bonchev–Trinajstić information content (AvgIpc) is 3.07. The minimum absolute atomic E-state index is 0.0466. The van der Waals surface area contributed by atoms with Crippen molar-refractivity contribution in [3.63, 3.8) is 0 Å². The molecule has 1 N–H and O–H groups in total. The van der Waals surface area contributed by atoms with Crippen LogP contribution in [0.3, 0.4) is 0 Å². The van der Waals surface area contributed by atoms with E-state index in [2.05, 4.69) is 15.0 Å². The lowest BCUT2D eigenvalue weighted by molar-refractivity contribution is -0.173. The molecule has 2 heterocycles. The number of nitrogens with zero attached hydrogens (tertiary/aromatic N) is 2. The molecule has 2 aromatic heterocycles. The van der Waals surface area contributed by atoms with Gasteiger partial charge in [0, 0.05) is 18.9 Å². The van der Waals surface area contributed by atoms with Gasteiger partial charge in [-0.25, -0.2) is 4.98 Å². The van der Waals surface area contributed by atoms with E-state index in [9.17, 15) is 18.0 Å². The van der Waals surface area contributed by atoms with Crippen molar-refractivity contribution in [1.82, 2.24) is 14.7 Å². The number of halogens is 3. The number of benzene rings is 1. The second kappa shape index (κ2) is 8.95. The molecule has 0 fully saturated rings. The van der Waals surface area contributed by atoms with E-state index >= 15 is 0 Å². The Hall–Kier alpha value is -3.07. The van der Waals surface area contributed by atoms with E-state index in [0.29, 0.717) is 11.4 Å². The summed E-state index contributed by atoms with van der Waals surface area (Å²) >= 11 is 0. The third-order valence-corrected chi connectivity index (χ3v) is 3.95. The Morgan fingerprint density at radius 3 is 2.76 bits per heavy atom. The third kappa shape index (κ3) is 5.95. The van der Waals surface area contributed by atoms with Crippen molar-refractivity contribution < 1.29 is 27.4 Å². The summed E-state index contributed by atoms with van der Waals surface area (Å²) in [5, 5.41) is 2.52. The van der Waals surface area contributed by atoms with Gasteiger partial charge in [-0.05, 0) is 30.7 Å². The maximum Gasteiger partial charge on any atom is 0.411 e. The van der Waals surface area contributed by atoms with Gasteiger partial charge >= 0.3 is 6.18 Å². The third-order valence-electron chi connectivity index (χ3n) is 3.95. The van der Waals surface area contributed by atoms with Crippen molar-refractivity contribution >= 4 is 11.6 Å². The van der Waals surface area contributed by atoms with Gasteiger partial charge < -0.3 is 19.2 Å². The number of amides is 1. The van der Waals surface area contributed by atoms with Gasteiger partial charge in [0.25, 0.3) is 5.91 Å². The molecule has 1 aromatic carbocycles. The standard InChI is InChI=1S/C20H20F3N3O3/c1-14-6-7-18-25-15(11-26(18)10-14)12-29-17-5-3-2-4-16(17)19(27)24-8-9-28-13-20(21,22)23/h2-7,10-11H,8-9,12-13H2,1H3,(H,24,27). The van der Waals surface area contributed by atoms with Crippen LogP contribution in [0.1, 0.15) is 21.6 Å².